The third-order valence-corrected chi connectivity index (χ3v) is 4.39. The number of carbonyl (C=O) groups is 1. The topological polar surface area (TPSA) is 67.6 Å². The molecular weight excluding hydrogens is 385 g/mol. The van der Waals surface area contributed by atoms with E-state index in [2.05, 4.69) is 30.1 Å². The molecule has 0 aromatic heterocycles. The van der Waals surface area contributed by atoms with Gasteiger partial charge < -0.3 is 15.8 Å². The molecule has 0 aliphatic heterocycles. The van der Waals surface area contributed by atoms with Gasteiger partial charge in [0.15, 0.2) is 0 Å². The van der Waals surface area contributed by atoms with Crippen LogP contribution in [0.15, 0.2) is 48.5 Å². The summed E-state index contributed by atoms with van der Waals surface area (Å²) in [6.07, 6.45) is 0. The molecule has 0 spiro atoms. The van der Waals surface area contributed by atoms with Gasteiger partial charge in [0.25, 0.3) is 5.91 Å². The van der Waals surface area contributed by atoms with E-state index in [1.54, 1.807) is 19.2 Å². The third kappa shape index (κ3) is 6.61. The number of para-hydroxylation sites is 1. The lowest BCUT2D eigenvalue weighted by Crippen LogP contribution is -2.38. The van der Waals surface area contributed by atoms with E-state index in [9.17, 15) is 4.79 Å². The Morgan fingerprint density at radius 2 is 1.78 bits per heavy atom. The molecule has 0 saturated heterocycles. The Bertz CT molecular complexity index is 709. The minimum atomic E-state index is -0.154. The number of nitrogens with zero attached hydrogens (tertiary/aromatic N) is 1. The number of nitrogens with two attached hydrogens (primary N) is 1. The van der Waals surface area contributed by atoms with Crippen LogP contribution in [0.25, 0.3) is 0 Å². The number of benzene rings is 2. The van der Waals surface area contributed by atoms with Gasteiger partial charge in [-0.05, 0) is 42.9 Å². The van der Waals surface area contributed by atoms with Crippen LogP contribution in [0.3, 0.4) is 0 Å². The number of methoxy groups -OCH3 is 1. The van der Waals surface area contributed by atoms with Gasteiger partial charge in [0, 0.05) is 12.2 Å². The quantitative estimate of drug-likeness (QED) is 0.643. The van der Waals surface area contributed by atoms with E-state index in [1.165, 1.54) is 0 Å². The second-order valence-corrected chi connectivity index (χ2v) is 5.81. The van der Waals surface area contributed by atoms with Crippen LogP contribution in [0.2, 0.25) is 0 Å². The zero-order valence-corrected chi connectivity index (χ0v) is 17.6. The summed E-state index contributed by atoms with van der Waals surface area (Å²) in [5, 5.41) is 3.02. The highest BCUT2D eigenvalue weighted by Crippen LogP contribution is 2.24. The van der Waals surface area contributed by atoms with Crippen LogP contribution >= 0.6 is 24.8 Å². The van der Waals surface area contributed by atoms with Crippen LogP contribution in [0, 0.1) is 0 Å². The molecule has 2 aromatic carbocycles. The number of halogens is 2. The number of ether oxygens (including phenoxy) is 1. The Morgan fingerprint density at radius 3 is 2.37 bits per heavy atom. The average Bonchev–Trinajstić information content (AvgIpc) is 2.65. The maximum absolute atomic E-state index is 12.5. The highest BCUT2D eigenvalue weighted by atomic mass is 35.5. The van der Waals surface area contributed by atoms with Crippen molar-refractivity contribution in [1.29, 1.82) is 0 Å². The first kappa shape index (κ1) is 25.1. The zero-order chi connectivity index (χ0) is 18.2. The largest absolute Gasteiger partial charge is 0.497 e. The Balaban J connectivity index is 0.00000338. The highest BCUT2D eigenvalue weighted by molar-refractivity contribution is 5.99. The van der Waals surface area contributed by atoms with E-state index in [4.69, 9.17) is 10.5 Å². The van der Waals surface area contributed by atoms with E-state index in [1.807, 2.05) is 30.3 Å². The van der Waals surface area contributed by atoms with Gasteiger partial charge in [-0.3, -0.25) is 9.69 Å². The fraction of sp³-hybridized carbons (Fsp3) is 0.350. The van der Waals surface area contributed by atoms with Crippen molar-refractivity contribution in [3.63, 3.8) is 0 Å². The summed E-state index contributed by atoms with van der Waals surface area (Å²) in [6.45, 7) is 6.52. The smallest absolute Gasteiger partial charge is 0.253 e. The molecule has 0 fully saturated rings. The van der Waals surface area contributed by atoms with Crippen LogP contribution < -0.4 is 15.8 Å². The number of hydrogen-bond donors (Lipinski definition) is 2. The molecule has 0 aliphatic rings. The number of likely N-dealkylation sites (N-methyl/N-ethyl adjacent to an activating group) is 1. The van der Waals surface area contributed by atoms with Crippen LogP contribution in [0.1, 0.15) is 35.8 Å². The van der Waals surface area contributed by atoms with Crippen molar-refractivity contribution in [2.45, 2.75) is 19.9 Å². The lowest BCUT2D eigenvalue weighted by molar-refractivity contribution is 0.0936. The van der Waals surface area contributed by atoms with Crippen molar-refractivity contribution in [1.82, 2.24) is 10.2 Å². The second-order valence-electron chi connectivity index (χ2n) is 5.81. The molecule has 0 radical (unpaired) electrons. The molecule has 0 bridgehead atoms. The van der Waals surface area contributed by atoms with Crippen molar-refractivity contribution in [2.75, 3.05) is 32.5 Å². The molecule has 2 aromatic rings. The first-order chi connectivity index (χ1) is 12.1. The normalized spacial score (nSPS) is 11.1. The first-order valence-corrected chi connectivity index (χ1v) is 8.61. The zero-order valence-electron chi connectivity index (χ0n) is 16.0. The lowest BCUT2D eigenvalue weighted by Gasteiger charge is -2.30. The molecule has 27 heavy (non-hydrogen) atoms. The molecule has 1 amide bonds. The molecule has 3 N–H and O–H groups in total. The van der Waals surface area contributed by atoms with Crippen LogP contribution in [-0.2, 0) is 0 Å². The van der Waals surface area contributed by atoms with Crippen molar-refractivity contribution >= 4 is 36.4 Å². The van der Waals surface area contributed by atoms with Gasteiger partial charge in [0.05, 0.1) is 18.7 Å². The molecule has 1 atom stereocenters. The number of carbonyl (C=O) groups excluding carboxylic acids is 1. The maximum Gasteiger partial charge on any atom is 0.253 e. The summed E-state index contributed by atoms with van der Waals surface area (Å²) in [7, 11) is 1.66. The molecule has 0 aliphatic carbocycles. The number of rotatable bonds is 8. The molecule has 150 valence electrons. The van der Waals surface area contributed by atoms with Crippen LogP contribution in [0.4, 0.5) is 5.69 Å². The van der Waals surface area contributed by atoms with Crippen molar-refractivity contribution < 1.29 is 9.53 Å². The second kappa shape index (κ2) is 12.4. The number of nitrogen functional groups attached to an aromatic ring is 1. The number of anilines is 1. The average molecular weight is 414 g/mol. The van der Waals surface area contributed by atoms with E-state index in [0.717, 1.165) is 24.4 Å². The maximum atomic E-state index is 12.5. The standard InChI is InChI=1S/C20H27N3O2.2ClH/c1-4-23(5-2)19(15-9-8-10-16(13-15)25-3)14-22-20(24)17-11-6-7-12-18(17)21;;/h6-13,19H,4-5,14,21H2,1-3H3,(H,22,24);2*1H. The van der Waals surface area contributed by atoms with Gasteiger partial charge in [-0.25, -0.2) is 0 Å². The third-order valence-electron chi connectivity index (χ3n) is 4.39. The molecular formula is C20H29Cl2N3O2. The van der Waals surface area contributed by atoms with Gasteiger partial charge in [-0.2, -0.15) is 0 Å². The molecule has 1 unspecified atom stereocenters. The Morgan fingerprint density at radius 1 is 1.11 bits per heavy atom. The van der Waals surface area contributed by atoms with Gasteiger partial charge in [-0.1, -0.05) is 38.1 Å². The van der Waals surface area contributed by atoms with Crippen LogP contribution in [0.5, 0.6) is 5.75 Å². The SMILES string of the molecule is CCN(CC)C(CNC(=O)c1ccccc1N)c1cccc(OC)c1.Cl.Cl. The van der Waals surface area contributed by atoms with Crippen molar-refractivity contribution in [2.24, 2.45) is 0 Å². The van der Waals surface area contributed by atoms with E-state index >= 15 is 0 Å². The predicted molar refractivity (Wildman–Crippen MR) is 116 cm³/mol. The number of nitrogens with one attached hydrogen (secondary N) is 1. The van der Waals surface area contributed by atoms with E-state index < -0.39 is 0 Å². The predicted octanol–water partition coefficient (Wildman–Crippen LogP) is 3.93. The van der Waals surface area contributed by atoms with E-state index in [0.29, 0.717) is 17.8 Å². The fourth-order valence-corrected chi connectivity index (χ4v) is 2.96. The molecule has 5 nitrogen and oxygen atoms in total. The van der Waals surface area contributed by atoms with E-state index in [-0.39, 0.29) is 36.8 Å². The minimum Gasteiger partial charge on any atom is -0.497 e. The molecule has 0 heterocycles. The number of hydrogen-bond acceptors (Lipinski definition) is 4. The summed E-state index contributed by atoms with van der Waals surface area (Å²) in [4.78, 5) is 14.8. The highest BCUT2D eigenvalue weighted by Gasteiger charge is 2.20. The molecule has 2 rings (SSSR count). The first-order valence-electron chi connectivity index (χ1n) is 8.61. The fourth-order valence-electron chi connectivity index (χ4n) is 2.96. The van der Waals surface area contributed by atoms with Crippen molar-refractivity contribution in [3.8, 4) is 5.75 Å². The Hall–Kier alpha value is -1.95. The minimum absolute atomic E-state index is 0. The van der Waals surface area contributed by atoms with Gasteiger partial charge in [-0.15, -0.1) is 24.8 Å². The molecule has 0 saturated carbocycles. The number of amides is 1. The Labute approximate surface area is 174 Å². The van der Waals surface area contributed by atoms with Gasteiger partial charge in [0.1, 0.15) is 5.75 Å². The summed E-state index contributed by atoms with van der Waals surface area (Å²) in [5.74, 6) is 0.659. The van der Waals surface area contributed by atoms with Gasteiger partial charge >= 0.3 is 0 Å². The summed E-state index contributed by atoms with van der Waals surface area (Å²) in [6, 6.07) is 15.2. The monoisotopic (exact) mass is 413 g/mol. The summed E-state index contributed by atoms with van der Waals surface area (Å²) >= 11 is 0. The van der Waals surface area contributed by atoms with Gasteiger partial charge in [0.2, 0.25) is 0 Å². The lowest BCUT2D eigenvalue weighted by atomic mass is 10.0. The van der Waals surface area contributed by atoms with Crippen LogP contribution in [-0.4, -0.2) is 37.6 Å². The summed E-state index contributed by atoms with van der Waals surface area (Å²) < 4.78 is 5.34. The Kier molecular flexibility index (Phi) is 11.5. The van der Waals surface area contributed by atoms with Crippen molar-refractivity contribution in [3.05, 3.63) is 59.7 Å². The molecule has 7 heteroatoms. The summed E-state index contributed by atoms with van der Waals surface area (Å²) in [5.41, 5.74) is 8.01.